The molecule has 2 heterocycles. The summed E-state index contributed by atoms with van der Waals surface area (Å²) in [5.74, 6) is 0.163. The normalized spacial score (nSPS) is 28.4. The third-order valence-corrected chi connectivity index (χ3v) is 6.18. The molecule has 2 rings (SSSR count). The predicted molar refractivity (Wildman–Crippen MR) is 80.7 cm³/mol. The van der Waals surface area contributed by atoms with E-state index in [1.54, 1.807) is 4.90 Å². The molecule has 2 aliphatic heterocycles. The highest BCUT2D eigenvalue weighted by molar-refractivity contribution is 7.91. The van der Waals surface area contributed by atoms with Crippen molar-refractivity contribution in [1.82, 2.24) is 10.2 Å². The van der Waals surface area contributed by atoms with Crippen LogP contribution in [0.25, 0.3) is 0 Å². The Bertz CT molecular complexity index is 446. The highest BCUT2D eigenvalue weighted by Crippen LogP contribution is 2.20. The van der Waals surface area contributed by atoms with Crippen molar-refractivity contribution in [2.45, 2.75) is 50.6 Å². The van der Waals surface area contributed by atoms with Gasteiger partial charge in [-0.25, -0.2) is 8.42 Å². The van der Waals surface area contributed by atoms with Crippen LogP contribution in [-0.4, -0.2) is 67.6 Å². The number of carbonyl (C=O) groups excluding carboxylic acids is 1. The highest BCUT2D eigenvalue weighted by Gasteiger charge is 2.34. The minimum absolute atomic E-state index is 0.0291. The topological polar surface area (TPSA) is 86.7 Å². The van der Waals surface area contributed by atoms with E-state index < -0.39 is 9.84 Å². The van der Waals surface area contributed by atoms with Gasteiger partial charge in [-0.1, -0.05) is 6.42 Å². The molecule has 2 unspecified atom stereocenters. The quantitative estimate of drug-likeness (QED) is 0.715. The van der Waals surface area contributed by atoms with Crippen LogP contribution in [0.4, 0.5) is 0 Å². The third kappa shape index (κ3) is 4.93. The molecule has 2 aliphatic rings. The molecule has 122 valence electrons. The number of hydrogen-bond donors (Lipinski definition) is 2. The average molecular weight is 318 g/mol. The summed E-state index contributed by atoms with van der Waals surface area (Å²) < 4.78 is 23.1. The number of rotatable bonds is 6. The Labute approximate surface area is 126 Å². The molecule has 2 N–H and O–H groups in total. The first-order valence-corrected chi connectivity index (χ1v) is 9.68. The summed E-state index contributed by atoms with van der Waals surface area (Å²) in [6.45, 7) is 1.13. The van der Waals surface area contributed by atoms with E-state index in [0.717, 1.165) is 19.4 Å². The molecule has 2 atom stereocenters. The van der Waals surface area contributed by atoms with Crippen molar-refractivity contribution in [2.75, 3.05) is 31.2 Å². The molecule has 2 fully saturated rings. The molecular formula is C14H26N2O4S. The molecule has 0 aromatic carbocycles. The molecule has 0 spiro atoms. The van der Waals surface area contributed by atoms with Gasteiger partial charge in [-0.2, -0.15) is 0 Å². The Morgan fingerprint density at radius 3 is 2.67 bits per heavy atom. The van der Waals surface area contributed by atoms with Crippen molar-refractivity contribution >= 4 is 15.7 Å². The van der Waals surface area contributed by atoms with Crippen LogP contribution < -0.4 is 5.32 Å². The smallest absolute Gasteiger partial charge is 0.222 e. The van der Waals surface area contributed by atoms with Crippen molar-refractivity contribution in [3.63, 3.8) is 0 Å². The maximum Gasteiger partial charge on any atom is 0.222 e. The first-order chi connectivity index (χ1) is 10.0. The molecule has 0 radical (unpaired) electrons. The Balaban J connectivity index is 1.86. The predicted octanol–water partition coefficient (Wildman–Crippen LogP) is -0.0833. The fourth-order valence-corrected chi connectivity index (χ4v) is 4.98. The summed E-state index contributed by atoms with van der Waals surface area (Å²) >= 11 is 0. The zero-order chi connectivity index (χ0) is 15.3. The Kier molecular flexibility index (Phi) is 6.01. The first kappa shape index (κ1) is 16.7. The minimum Gasteiger partial charge on any atom is -0.395 e. The molecular weight excluding hydrogens is 292 g/mol. The second kappa shape index (κ2) is 7.56. The number of hydrogen-bond acceptors (Lipinski definition) is 5. The summed E-state index contributed by atoms with van der Waals surface area (Å²) in [5, 5.41) is 12.5. The molecule has 0 aromatic heterocycles. The van der Waals surface area contributed by atoms with Gasteiger partial charge in [0, 0.05) is 25.0 Å². The van der Waals surface area contributed by atoms with E-state index in [0.29, 0.717) is 18.9 Å². The SMILES string of the molecule is O=C(CCC1CCCCN1)N(CCO)C1CCS(=O)(=O)C1. The maximum atomic E-state index is 12.4. The largest absolute Gasteiger partial charge is 0.395 e. The molecule has 0 bridgehead atoms. The molecule has 21 heavy (non-hydrogen) atoms. The van der Waals surface area contributed by atoms with Gasteiger partial charge in [0.15, 0.2) is 9.84 Å². The number of carbonyl (C=O) groups is 1. The molecule has 2 saturated heterocycles. The van der Waals surface area contributed by atoms with E-state index in [1.807, 2.05) is 0 Å². The van der Waals surface area contributed by atoms with Gasteiger partial charge in [0.05, 0.1) is 18.1 Å². The fraction of sp³-hybridized carbons (Fsp3) is 0.929. The summed E-state index contributed by atoms with van der Waals surface area (Å²) in [4.78, 5) is 13.9. The van der Waals surface area contributed by atoms with Gasteiger partial charge in [-0.15, -0.1) is 0 Å². The zero-order valence-electron chi connectivity index (χ0n) is 12.5. The lowest BCUT2D eigenvalue weighted by molar-refractivity contribution is -0.133. The lowest BCUT2D eigenvalue weighted by atomic mass is 10.00. The second-order valence-corrected chi connectivity index (χ2v) is 8.28. The van der Waals surface area contributed by atoms with Crippen LogP contribution in [0.2, 0.25) is 0 Å². The van der Waals surface area contributed by atoms with Crippen LogP contribution in [0, 0.1) is 0 Å². The number of nitrogens with zero attached hydrogens (tertiary/aromatic N) is 1. The van der Waals surface area contributed by atoms with Crippen LogP contribution in [0.3, 0.4) is 0 Å². The van der Waals surface area contributed by atoms with E-state index >= 15 is 0 Å². The average Bonchev–Trinajstić information content (AvgIpc) is 2.83. The number of aliphatic hydroxyl groups is 1. The fourth-order valence-electron chi connectivity index (χ4n) is 3.25. The number of aliphatic hydroxyl groups excluding tert-OH is 1. The summed E-state index contributed by atoms with van der Waals surface area (Å²) in [6.07, 6.45) is 5.21. The Morgan fingerprint density at radius 2 is 2.10 bits per heavy atom. The molecule has 0 aliphatic carbocycles. The van der Waals surface area contributed by atoms with Gasteiger partial charge in [-0.3, -0.25) is 4.79 Å². The van der Waals surface area contributed by atoms with Gasteiger partial charge in [0.1, 0.15) is 0 Å². The lowest BCUT2D eigenvalue weighted by Crippen LogP contribution is -2.43. The van der Waals surface area contributed by atoms with E-state index in [1.165, 1.54) is 12.8 Å². The Morgan fingerprint density at radius 1 is 1.29 bits per heavy atom. The van der Waals surface area contributed by atoms with Gasteiger partial charge in [0.25, 0.3) is 0 Å². The lowest BCUT2D eigenvalue weighted by Gasteiger charge is -2.29. The maximum absolute atomic E-state index is 12.4. The zero-order valence-corrected chi connectivity index (χ0v) is 13.3. The van der Waals surface area contributed by atoms with Gasteiger partial charge >= 0.3 is 0 Å². The molecule has 0 saturated carbocycles. The number of piperidine rings is 1. The second-order valence-electron chi connectivity index (χ2n) is 6.05. The monoisotopic (exact) mass is 318 g/mol. The number of sulfone groups is 1. The van der Waals surface area contributed by atoms with E-state index in [2.05, 4.69) is 5.32 Å². The Hall–Kier alpha value is -0.660. The van der Waals surface area contributed by atoms with Crippen molar-refractivity contribution in [3.8, 4) is 0 Å². The van der Waals surface area contributed by atoms with E-state index in [4.69, 9.17) is 5.11 Å². The van der Waals surface area contributed by atoms with Crippen LogP contribution in [0.1, 0.15) is 38.5 Å². The van der Waals surface area contributed by atoms with E-state index in [-0.39, 0.29) is 36.6 Å². The standard InChI is InChI=1S/C14H26N2O4S/c17-9-8-16(13-6-10-21(19,20)11-13)14(18)5-4-12-3-1-2-7-15-12/h12-13,15,17H,1-11H2. The molecule has 0 aromatic rings. The van der Waals surface area contributed by atoms with Gasteiger partial charge < -0.3 is 15.3 Å². The highest BCUT2D eigenvalue weighted by atomic mass is 32.2. The minimum atomic E-state index is -3.02. The van der Waals surface area contributed by atoms with Crippen molar-refractivity contribution in [3.05, 3.63) is 0 Å². The van der Waals surface area contributed by atoms with Crippen molar-refractivity contribution in [1.29, 1.82) is 0 Å². The molecule has 6 nitrogen and oxygen atoms in total. The van der Waals surface area contributed by atoms with Gasteiger partial charge in [0.2, 0.25) is 5.91 Å². The van der Waals surface area contributed by atoms with Crippen LogP contribution >= 0.6 is 0 Å². The summed E-state index contributed by atoms with van der Waals surface area (Å²) in [6, 6.07) is 0.139. The summed E-state index contributed by atoms with van der Waals surface area (Å²) in [7, 11) is -3.02. The van der Waals surface area contributed by atoms with Crippen LogP contribution in [-0.2, 0) is 14.6 Å². The van der Waals surface area contributed by atoms with Crippen molar-refractivity contribution in [2.24, 2.45) is 0 Å². The molecule has 7 heteroatoms. The molecule has 1 amide bonds. The van der Waals surface area contributed by atoms with Crippen molar-refractivity contribution < 1.29 is 18.3 Å². The summed E-state index contributed by atoms with van der Waals surface area (Å²) in [5.41, 5.74) is 0. The van der Waals surface area contributed by atoms with Gasteiger partial charge in [-0.05, 0) is 32.2 Å². The van der Waals surface area contributed by atoms with Crippen LogP contribution in [0.5, 0.6) is 0 Å². The van der Waals surface area contributed by atoms with Crippen LogP contribution in [0.15, 0.2) is 0 Å². The first-order valence-electron chi connectivity index (χ1n) is 7.86. The third-order valence-electron chi connectivity index (χ3n) is 4.43. The number of amides is 1. The van der Waals surface area contributed by atoms with E-state index in [9.17, 15) is 13.2 Å². The number of nitrogens with one attached hydrogen (secondary N) is 1.